The largest absolute Gasteiger partial charge is 0.476 e. The number of rotatable bonds is 5. The van der Waals surface area contributed by atoms with Crippen LogP contribution in [0.2, 0.25) is 0 Å². The third kappa shape index (κ3) is 3.28. The maximum atomic E-state index is 12.2. The van der Waals surface area contributed by atoms with Crippen molar-refractivity contribution >= 4 is 39.4 Å². The molecule has 1 N–H and O–H groups in total. The molecular formula is C19H13N3O5. The van der Waals surface area contributed by atoms with Gasteiger partial charge in [0.25, 0.3) is 5.91 Å². The molecule has 0 spiro atoms. The number of pyridine rings is 1. The molecule has 0 fully saturated rings. The van der Waals surface area contributed by atoms with Gasteiger partial charge in [-0.25, -0.2) is 0 Å². The van der Waals surface area contributed by atoms with Crippen LogP contribution in [0.5, 0.6) is 5.75 Å². The molecule has 0 aliphatic rings. The molecule has 4 aromatic rings. The first-order valence-corrected chi connectivity index (χ1v) is 8.05. The van der Waals surface area contributed by atoms with Crippen molar-refractivity contribution in [2.75, 3.05) is 11.9 Å². The van der Waals surface area contributed by atoms with Crippen molar-refractivity contribution in [3.63, 3.8) is 0 Å². The minimum atomic E-state index is -0.662. The highest BCUT2D eigenvalue weighted by Gasteiger charge is 2.17. The molecule has 0 saturated heterocycles. The first kappa shape index (κ1) is 16.5. The maximum absolute atomic E-state index is 12.2. The van der Waals surface area contributed by atoms with Crippen molar-refractivity contribution in [3.8, 4) is 5.75 Å². The van der Waals surface area contributed by atoms with Crippen LogP contribution in [0, 0.1) is 10.1 Å². The standard InChI is InChI=1S/C19H13N3O5/c23-18(11-26-17-6-3-9-20-19(17)22(24)25)21-12-7-8-16-14(10-12)13-4-1-2-5-15(13)27-16/h1-10H,11H2,(H,21,23). The van der Waals surface area contributed by atoms with E-state index in [1.165, 1.54) is 18.3 Å². The predicted octanol–water partition coefficient (Wildman–Crippen LogP) is 3.91. The van der Waals surface area contributed by atoms with Gasteiger partial charge in [-0.3, -0.25) is 4.79 Å². The summed E-state index contributed by atoms with van der Waals surface area (Å²) < 4.78 is 11.0. The molecule has 0 aliphatic heterocycles. The van der Waals surface area contributed by atoms with Crippen LogP contribution >= 0.6 is 0 Å². The van der Waals surface area contributed by atoms with Crippen LogP contribution in [-0.2, 0) is 4.79 Å². The minimum absolute atomic E-state index is 0.0612. The quantitative estimate of drug-likeness (QED) is 0.425. The fraction of sp³-hybridized carbons (Fsp3) is 0.0526. The summed E-state index contributed by atoms with van der Waals surface area (Å²) in [6.45, 7) is -0.378. The number of nitrogens with zero attached hydrogens (tertiary/aromatic N) is 2. The lowest BCUT2D eigenvalue weighted by atomic mass is 10.1. The Bertz CT molecular complexity index is 1170. The SMILES string of the molecule is O=C(COc1cccnc1[N+](=O)[O-])Nc1ccc2oc3ccccc3c2c1. The Morgan fingerprint density at radius 3 is 2.78 bits per heavy atom. The number of nitro groups is 1. The molecule has 8 heteroatoms. The third-order valence-electron chi connectivity index (χ3n) is 3.94. The van der Waals surface area contributed by atoms with Crippen molar-refractivity contribution in [1.29, 1.82) is 0 Å². The highest BCUT2D eigenvalue weighted by molar-refractivity contribution is 6.07. The number of furan rings is 1. The Morgan fingerprint density at radius 2 is 1.93 bits per heavy atom. The molecule has 0 radical (unpaired) electrons. The van der Waals surface area contributed by atoms with Gasteiger partial charge in [0.05, 0.1) is 0 Å². The fourth-order valence-electron chi connectivity index (χ4n) is 2.78. The van der Waals surface area contributed by atoms with Crippen LogP contribution in [-0.4, -0.2) is 22.4 Å². The van der Waals surface area contributed by atoms with E-state index in [1.807, 2.05) is 30.3 Å². The minimum Gasteiger partial charge on any atom is -0.476 e. The average Bonchev–Trinajstić information content (AvgIpc) is 3.04. The number of hydrogen-bond acceptors (Lipinski definition) is 6. The molecule has 1 amide bonds. The van der Waals surface area contributed by atoms with E-state index < -0.39 is 16.6 Å². The van der Waals surface area contributed by atoms with E-state index in [0.29, 0.717) is 5.69 Å². The van der Waals surface area contributed by atoms with Gasteiger partial charge in [-0.15, -0.1) is 0 Å². The maximum Gasteiger partial charge on any atom is 0.406 e. The van der Waals surface area contributed by atoms with Crippen LogP contribution in [0.3, 0.4) is 0 Å². The van der Waals surface area contributed by atoms with Gasteiger partial charge < -0.3 is 24.6 Å². The monoisotopic (exact) mass is 363 g/mol. The number of amides is 1. The first-order valence-electron chi connectivity index (χ1n) is 8.05. The van der Waals surface area contributed by atoms with E-state index >= 15 is 0 Å². The van der Waals surface area contributed by atoms with Gasteiger partial charge in [0.15, 0.2) is 6.61 Å². The van der Waals surface area contributed by atoms with E-state index in [2.05, 4.69) is 10.3 Å². The average molecular weight is 363 g/mol. The van der Waals surface area contributed by atoms with Crippen molar-refractivity contribution in [3.05, 3.63) is 70.9 Å². The molecule has 134 valence electrons. The summed E-state index contributed by atoms with van der Waals surface area (Å²) >= 11 is 0. The van der Waals surface area contributed by atoms with Gasteiger partial charge in [0.2, 0.25) is 5.75 Å². The Morgan fingerprint density at radius 1 is 1.11 bits per heavy atom. The van der Waals surface area contributed by atoms with Gasteiger partial charge in [-0.1, -0.05) is 18.2 Å². The normalized spacial score (nSPS) is 10.8. The number of carbonyl (C=O) groups is 1. The molecule has 2 heterocycles. The lowest BCUT2D eigenvalue weighted by Gasteiger charge is -2.07. The first-order chi connectivity index (χ1) is 13.1. The van der Waals surface area contributed by atoms with Crippen molar-refractivity contribution < 1.29 is 18.9 Å². The lowest BCUT2D eigenvalue weighted by molar-refractivity contribution is -0.390. The molecule has 0 aliphatic carbocycles. The molecule has 2 aromatic heterocycles. The topological polar surface area (TPSA) is 108 Å². The Hall–Kier alpha value is -3.94. The fourth-order valence-corrected chi connectivity index (χ4v) is 2.78. The summed E-state index contributed by atoms with van der Waals surface area (Å²) in [5.74, 6) is -0.939. The van der Waals surface area contributed by atoms with E-state index in [1.54, 1.807) is 12.1 Å². The number of fused-ring (bicyclic) bond motifs is 3. The van der Waals surface area contributed by atoms with Gasteiger partial charge in [-0.05, 0) is 46.3 Å². The zero-order valence-corrected chi connectivity index (χ0v) is 13.9. The second kappa shape index (κ2) is 6.75. The molecular weight excluding hydrogens is 350 g/mol. The van der Waals surface area contributed by atoms with Crippen LogP contribution in [0.1, 0.15) is 0 Å². The van der Waals surface area contributed by atoms with E-state index in [0.717, 1.165) is 21.9 Å². The van der Waals surface area contributed by atoms with Gasteiger partial charge in [-0.2, -0.15) is 0 Å². The second-order valence-corrected chi connectivity index (χ2v) is 5.73. The summed E-state index contributed by atoms with van der Waals surface area (Å²) in [5, 5.41) is 15.5. The van der Waals surface area contributed by atoms with E-state index in [4.69, 9.17) is 9.15 Å². The summed E-state index contributed by atoms with van der Waals surface area (Å²) in [5.41, 5.74) is 2.06. The highest BCUT2D eigenvalue weighted by atomic mass is 16.6. The van der Waals surface area contributed by atoms with E-state index in [-0.39, 0.29) is 12.4 Å². The number of carbonyl (C=O) groups excluding carboxylic acids is 1. The number of hydrogen-bond donors (Lipinski definition) is 1. The Kier molecular flexibility index (Phi) is 4.13. The zero-order chi connectivity index (χ0) is 18.8. The molecule has 27 heavy (non-hydrogen) atoms. The number of aromatic nitrogens is 1. The van der Waals surface area contributed by atoms with Crippen LogP contribution in [0.15, 0.2) is 65.2 Å². The number of para-hydroxylation sites is 1. The Balaban J connectivity index is 1.50. The molecule has 2 aromatic carbocycles. The smallest absolute Gasteiger partial charge is 0.406 e. The third-order valence-corrected chi connectivity index (χ3v) is 3.94. The zero-order valence-electron chi connectivity index (χ0n) is 13.9. The van der Waals surface area contributed by atoms with Crippen LogP contribution < -0.4 is 10.1 Å². The van der Waals surface area contributed by atoms with Gasteiger partial charge >= 0.3 is 5.82 Å². The highest BCUT2D eigenvalue weighted by Crippen LogP contribution is 2.30. The molecule has 4 rings (SSSR count). The molecule has 0 unspecified atom stereocenters. The van der Waals surface area contributed by atoms with E-state index in [9.17, 15) is 14.9 Å². The summed E-state index contributed by atoms with van der Waals surface area (Å²) in [6.07, 6.45) is 1.29. The predicted molar refractivity (Wildman–Crippen MR) is 98.7 cm³/mol. The Labute approximate surface area is 152 Å². The summed E-state index contributed by atoms with van der Waals surface area (Å²) in [4.78, 5) is 26.0. The van der Waals surface area contributed by atoms with Crippen LogP contribution in [0.25, 0.3) is 21.9 Å². The number of anilines is 1. The van der Waals surface area contributed by atoms with Crippen molar-refractivity contribution in [2.24, 2.45) is 0 Å². The molecule has 0 atom stereocenters. The lowest BCUT2D eigenvalue weighted by Crippen LogP contribution is -2.20. The molecule has 0 bridgehead atoms. The summed E-state index contributed by atoms with van der Waals surface area (Å²) in [6, 6.07) is 15.8. The van der Waals surface area contributed by atoms with Gasteiger partial charge in [0.1, 0.15) is 17.4 Å². The number of ether oxygens (including phenoxy) is 1. The molecule has 8 nitrogen and oxygen atoms in total. The number of nitrogens with one attached hydrogen (secondary N) is 1. The number of benzene rings is 2. The molecule has 0 saturated carbocycles. The summed E-state index contributed by atoms with van der Waals surface area (Å²) in [7, 11) is 0. The van der Waals surface area contributed by atoms with Crippen LogP contribution in [0.4, 0.5) is 11.5 Å². The van der Waals surface area contributed by atoms with Crippen molar-refractivity contribution in [2.45, 2.75) is 0 Å². The van der Waals surface area contributed by atoms with Gasteiger partial charge in [0, 0.05) is 16.5 Å². The van der Waals surface area contributed by atoms with Crippen molar-refractivity contribution in [1.82, 2.24) is 4.98 Å². The second-order valence-electron chi connectivity index (χ2n) is 5.73.